The summed E-state index contributed by atoms with van der Waals surface area (Å²) in [6.07, 6.45) is 24.5. The Morgan fingerprint density at radius 3 is 2.15 bits per heavy atom. The molecule has 0 aromatic carbocycles. The van der Waals surface area contributed by atoms with E-state index in [1.54, 1.807) is 0 Å². The van der Waals surface area contributed by atoms with Crippen molar-refractivity contribution < 1.29 is 9.53 Å². The van der Waals surface area contributed by atoms with Gasteiger partial charge in [-0.05, 0) is 31.8 Å². The van der Waals surface area contributed by atoms with E-state index in [9.17, 15) is 4.79 Å². The lowest BCUT2D eigenvalue weighted by molar-refractivity contribution is -0.144. The highest BCUT2D eigenvalue weighted by atomic mass is 79.9. The van der Waals surface area contributed by atoms with E-state index in [1.807, 2.05) is 6.08 Å². The minimum Gasteiger partial charge on any atom is -0.457 e. The molecule has 0 aliphatic rings. The molecule has 0 unspecified atom stereocenters. The molecule has 0 spiro atoms. The van der Waals surface area contributed by atoms with Crippen LogP contribution in [0.2, 0.25) is 0 Å². The summed E-state index contributed by atoms with van der Waals surface area (Å²) in [4.78, 5) is 11.6. The molecule has 0 aromatic rings. The molecule has 0 aliphatic heterocycles. The number of allylic oxidation sites excluding steroid dienone is 3. The van der Waals surface area contributed by atoms with E-state index in [-0.39, 0.29) is 16.9 Å². The highest BCUT2D eigenvalue weighted by molar-refractivity contribution is 9.09. The quantitative estimate of drug-likeness (QED) is 0.102. The summed E-state index contributed by atoms with van der Waals surface area (Å²) in [6, 6.07) is 0. The minimum atomic E-state index is -0.209. The fourth-order valence-corrected chi connectivity index (χ4v) is 3.51. The Morgan fingerprint density at radius 2 is 1.50 bits per heavy atom. The molecule has 152 valence electrons. The monoisotopic (exact) mass is 428 g/mol. The highest BCUT2D eigenvalue weighted by Gasteiger charge is 2.18. The van der Waals surface area contributed by atoms with Gasteiger partial charge < -0.3 is 4.74 Å². The van der Waals surface area contributed by atoms with Crippen LogP contribution in [-0.2, 0) is 9.53 Å². The second kappa shape index (κ2) is 19.2. The van der Waals surface area contributed by atoms with Gasteiger partial charge in [0.2, 0.25) is 0 Å². The van der Waals surface area contributed by atoms with Crippen molar-refractivity contribution in [3.63, 3.8) is 0 Å². The molecule has 0 aromatic heterocycles. The second-order valence-corrected chi connectivity index (χ2v) is 8.31. The maximum Gasteiger partial charge on any atom is 0.303 e. The van der Waals surface area contributed by atoms with Crippen molar-refractivity contribution in [3.8, 4) is 0 Å². The van der Waals surface area contributed by atoms with E-state index in [2.05, 4.69) is 48.0 Å². The van der Waals surface area contributed by atoms with E-state index >= 15 is 0 Å². The first kappa shape index (κ1) is 25.4. The fraction of sp³-hybridized carbons (Fsp3) is 0.783. The van der Waals surface area contributed by atoms with Crippen LogP contribution in [0.4, 0.5) is 0 Å². The SMILES string of the molecule is CCCCC/C=C\C/C=C\[C@H](OC(C)=O)[C@@H](Br)CCCCCCCCC. The van der Waals surface area contributed by atoms with Crippen LogP contribution < -0.4 is 0 Å². The molecule has 0 saturated carbocycles. The third-order valence-electron chi connectivity index (χ3n) is 4.48. The zero-order valence-corrected chi connectivity index (χ0v) is 18.9. The van der Waals surface area contributed by atoms with E-state index in [0.29, 0.717) is 0 Å². The molecular weight excluding hydrogens is 388 g/mol. The van der Waals surface area contributed by atoms with E-state index in [0.717, 1.165) is 19.3 Å². The summed E-state index contributed by atoms with van der Waals surface area (Å²) in [5.74, 6) is -0.209. The average Bonchev–Trinajstić information content (AvgIpc) is 2.61. The van der Waals surface area contributed by atoms with Gasteiger partial charge in [-0.15, -0.1) is 0 Å². The number of unbranched alkanes of at least 4 members (excludes halogenated alkanes) is 9. The Balaban J connectivity index is 4.07. The van der Waals surface area contributed by atoms with E-state index in [1.165, 1.54) is 71.1 Å². The van der Waals surface area contributed by atoms with Gasteiger partial charge in [0, 0.05) is 6.92 Å². The van der Waals surface area contributed by atoms with Crippen molar-refractivity contribution in [1.29, 1.82) is 0 Å². The largest absolute Gasteiger partial charge is 0.457 e. The Bertz CT molecular complexity index is 376. The van der Waals surface area contributed by atoms with E-state index < -0.39 is 0 Å². The maximum atomic E-state index is 11.4. The molecule has 0 N–H and O–H groups in total. The molecule has 0 heterocycles. The molecule has 3 heteroatoms. The number of halogens is 1. The lowest BCUT2D eigenvalue weighted by Crippen LogP contribution is -2.24. The average molecular weight is 429 g/mol. The third kappa shape index (κ3) is 16.9. The van der Waals surface area contributed by atoms with Gasteiger partial charge in [-0.2, -0.15) is 0 Å². The van der Waals surface area contributed by atoms with E-state index in [4.69, 9.17) is 4.74 Å². The number of esters is 1. The van der Waals surface area contributed by atoms with Gasteiger partial charge in [-0.3, -0.25) is 4.79 Å². The van der Waals surface area contributed by atoms with Crippen LogP contribution in [0.5, 0.6) is 0 Å². The summed E-state index contributed by atoms with van der Waals surface area (Å²) in [5.41, 5.74) is 0. The molecule has 0 radical (unpaired) electrons. The first-order valence-corrected chi connectivity index (χ1v) is 11.7. The molecule has 0 bridgehead atoms. The third-order valence-corrected chi connectivity index (χ3v) is 5.46. The lowest BCUT2D eigenvalue weighted by Gasteiger charge is -2.19. The van der Waals surface area contributed by atoms with Gasteiger partial charge >= 0.3 is 5.97 Å². The summed E-state index contributed by atoms with van der Waals surface area (Å²) in [5, 5.41) is 0. The first-order valence-electron chi connectivity index (χ1n) is 10.7. The van der Waals surface area contributed by atoms with Crippen molar-refractivity contribution in [2.45, 2.75) is 115 Å². The minimum absolute atomic E-state index is 0.166. The van der Waals surface area contributed by atoms with Crippen LogP contribution in [0.3, 0.4) is 0 Å². The molecule has 0 saturated heterocycles. The second-order valence-electron chi connectivity index (χ2n) is 7.13. The van der Waals surface area contributed by atoms with Gasteiger partial charge in [-0.1, -0.05) is 106 Å². The van der Waals surface area contributed by atoms with Crippen molar-refractivity contribution in [3.05, 3.63) is 24.3 Å². The highest BCUT2D eigenvalue weighted by Crippen LogP contribution is 2.20. The molecule has 0 fully saturated rings. The van der Waals surface area contributed by atoms with Gasteiger partial charge in [0.25, 0.3) is 0 Å². The summed E-state index contributed by atoms with van der Waals surface area (Å²) in [7, 11) is 0. The van der Waals surface area contributed by atoms with Gasteiger partial charge in [0.05, 0.1) is 4.83 Å². The van der Waals surface area contributed by atoms with Gasteiger partial charge in [0.1, 0.15) is 6.10 Å². The topological polar surface area (TPSA) is 26.3 Å². The molecule has 2 atom stereocenters. The number of rotatable bonds is 17. The zero-order valence-electron chi connectivity index (χ0n) is 17.4. The predicted octanol–water partition coefficient (Wildman–Crippen LogP) is 7.91. The Kier molecular flexibility index (Phi) is 18.8. The Labute approximate surface area is 171 Å². The Morgan fingerprint density at radius 1 is 0.885 bits per heavy atom. The number of hydrogen-bond donors (Lipinski definition) is 0. The smallest absolute Gasteiger partial charge is 0.303 e. The number of carbonyl (C=O) groups is 1. The van der Waals surface area contributed by atoms with Crippen molar-refractivity contribution in [1.82, 2.24) is 0 Å². The van der Waals surface area contributed by atoms with Gasteiger partial charge in [0.15, 0.2) is 0 Å². The number of ether oxygens (including phenoxy) is 1. The maximum absolute atomic E-state index is 11.4. The van der Waals surface area contributed by atoms with Crippen LogP contribution in [0.15, 0.2) is 24.3 Å². The number of carbonyl (C=O) groups excluding carboxylic acids is 1. The zero-order chi connectivity index (χ0) is 19.5. The number of hydrogen-bond acceptors (Lipinski definition) is 2. The predicted molar refractivity (Wildman–Crippen MR) is 118 cm³/mol. The molecule has 0 rings (SSSR count). The van der Waals surface area contributed by atoms with Crippen molar-refractivity contribution >= 4 is 21.9 Å². The number of alkyl halides is 1. The van der Waals surface area contributed by atoms with Crippen molar-refractivity contribution in [2.24, 2.45) is 0 Å². The summed E-state index contributed by atoms with van der Waals surface area (Å²) < 4.78 is 5.49. The fourth-order valence-electron chi connectivity index (χ4n) is 2.90. The van der Waals surface area contributed by atoms with Crippen LogP contribution in [0, 0.1) is 0 Å². The molecule has 2 nitrogen and oxygen atoms in total. The molecule has 0 amide bonds. The normalized spacial score (nSPS) is 14.2. The summed E-state index contributed by atoms with van der Waals surface area (Å²) in [6.45, 7) is 5.97. The van der Waals surface area contributed by atoms with Gasteiger partial charge in [-0.25, -0.2) is 0 Å². The Hall–Kier alpha value is -0.570. The van der Waals surface area contributed by atoms with Crippen LogP contribution in [0.25, 0.3) is 0 Å². The first-order chi connectivity index (χ1) is 12.6. The molecule has 0 aliphatic carbocycles. The molecular formula is C23H41BrO2. The van der Waals surface area contributed by atoms with Crippen LogP contribution >= 0.6 is 15.9 Å². The summed E-state index contributed by atoms with van der Waals surface area (Å²) >= 11 is 3.73. The molecule has 26 heavy (non-hydrogen) atoms. The standard InChI is InChI=1S/C23H41BrO2/c1-4-6-8-10-12-14-16-18-20-23(26-21(3)25)22(24)19-17-15-13-11-9-7-5-2/h12,14,18,20,22-23H,4-11,13,15-17,19H2,1-3H3/b14-12-,20-18-/t22-,23-/m0/s1. The lowest BCUT2D eigenvalue weighted by atomic mass is 10.0. The van der Waals surface area contributed by atoms with Crippen LogP contribution in [0.1, 0.15) is 104 Å². The van der Waals surface area contributed by atoms with Crippen molar-refractivity contribution in [2.75, 3.05) is 0 Å². The van der Waals surface area contributed by atoms with Crippen LogP contribution in [-0.4, -0.2) is 16.9 Å².